The SMILES string of the molecule is CC(C)[C@H](N)C(=O)N[C@H]1Cc2ccc3c(c2)C24c5cccc(c5N[C@H]2O3)-c2cccc3[nH]cc(c23)-c2cnc(o2)-c2nc(oc24)[C@H](C(C)C)NC1=O. The zero-order chi connectivity index (χ0) is 35.6. The van der Waals surface area contributed by atoms with Crippen molar-refractivity contribution < 1.29 is 23.2 Å². The third-order valence-corrected chi connectivity index (χ3v) is 11.2. The van der Waals surface area contributed by atoms with E-state index in [0.717, 1.165) is 50.0 Å². The number of nitrogens with zero attached hydrogens (tertiary/aromatic N) is 2. The maximum atomic E-state index is 14.2. The van der Waals surface area contributed by atoms with Crippen LogP contribution in [0.5, 0.6) is 5.75 Å². The smallest absolute Gasteiger partial charge is 0.249 e. The van der Waals surface area contributed by atoms with Gasteiger partial charge in [0, 0.05) is 51.5 Å². The van der Waals surface area contributed by atoms with Gasteiger partial charge in [-0.25, -0.2) is 9.97 Å². The Balaban J connectivity index is 1.28. The van der Waals surface area contributed by atoms with E-state index in [1.807, 2.05) is 52.1 Å². The summed E-state index contributed by atoms with van der Waals surface area (Å²) >= 11 is 0. The molecule has 0 aliphatic carbocycles. The van der Waals surface area contributed by atoms with Gasteiger partial charge in [-0.1, -0.05) is 70.2 Å². The van der Waals surface area contributed by atoms with Crippen LogP contribution in [0.25, 0.3) is 44.9 Å². The highest BCUT2D eigenvalue weighted by Crippen LogP contribution is 2.61. The van der Waals surface area contributed by atoms with E-state index in [2.05, 4.69) is 57.3 Å². The van der Waals surface area contributed by atoms with Crippen LogP contribution in [0.15, 0.2) is 75.8 Å². The normalized spacial score (nSPS) is 22.6. The number of fused-ring (bicyclic) bond motifs is 7. The van der Waals surface area contributed by atoms with E-state index in [4.69, 9.17) is 29.3 Å². The number of carbonyl (C=O) groups excluding carboxylic acids is 2. The molecule has 12 heteroatoms. The van der Waals surface area contributed by atoms with Crippen LogP contribution in [-0.4, -0.2) is 45.1 Å². The van der Waals surface area contributed by atoms with Crippen LogP contribution in [0.1, 0.15) is 62.1 Å². The van der Waals surface area contributed by atoms with Crippen molar-refractivity contribution in [1.29, 1.82) is 0 Å². The summed E-state index contributed by atoms with van der Waals surface area (Å²) in [5.41, 5.74) is 13.0. The molecule has 3 aromatic heterocycles. The lowest BCUT2D eigenvalue weighted by Crippen LogP contribution is -2.54. The Bertz CT molecular complexity index is 2470. The van der Waals surface area contributed by atoms with Crippen LogP contribution in [0.4, 0.5) is 5.69 Å². The molecule has 0 fully saturated rings. The van der Waals surface area contributed by atoms with Crippen molar-refractivity contribution in [2.24, 2.45) is 17.6 Å². The first-order valence-corrected chi connectivity index (χ1v) is 17.8. The van der Waals surface area contributed by atoms with Crippen LogP contribution in [0.2, 0.25) is 0 Å². The summed E-state index contributed by atoms with van der Waals surface area (Å²) in [7, 11) is 0. The molecule has 10 bridgehead atoms. The molecule has 1 spiro atoms. The average Bonchev–Trinajstić information content (AvgIpc) is 3.95. The molecular weight excluding hydrogens is 658 g/mol. The molecule has 5 atom stereocenters. The summed E-state index contributed by atoms with van der Waals surface area (Å²) in [6.07, 6.45) is 3.26. The Morgan fingerprint density at radius 1 is 1.00 bits per heavy atom. The van der Waals surface area contributed by atoms with Crippen LogP contribution >= 0.6 is 0 Å². The van der Waals surface area contributed by atoms with Crippen molar-refractivity contribution in [2.75, 3.05) is 5.32 Å². The lowest BCUT2D eigenvalue weighted by Gasteiger charge is -2.29. The van der Waals surface area contributed by atoms with E-state index in [1.165, 1.54) is 0 Å². The van der Waals surface area contributed by atoms with Gasteiger partial charge in [0.2, 0.25) is 23.6 Å². The highest BCUT2D eigenvalue weighted by Gasteiger charge is 2.61. The van der Waals surface area contributed by atoms with Crippen LogP contribution in [0, 0.1) is 11.8 Å². The standard InChI is InChI=1S/C40H37N7O5/c1-17(2)30(41)36(49)44-26-14-19-11-12-27-24(13-19)40-23-9-5-8-21(32(23)47-39(40)51-27)20-7-6-10-25-29(20)22(15-42-25)28-16-43-37(50-28)33-34(40)52-38(46-33)31(18(3)4)45-35(26)48/h5-13,15-18,26,30-31,39,42,47H,14,41H2,1-4H3,(H,44,49)(H,45,48)/t26-,30-,31-,39-,40?/m0/s1. The Hall–Kier alpha value is -5.88. The lowest BCUT2D eigenvalue weighted by atomic mass is 9.72. The molecular formula is C40H37N7O5. The minimum atomic E-state index is -1.04. The molecule has 262 valence electrons. The summed E-state index contributed by atoms with van der Waals surface area (Å²) in [5, 5.41) is 10.9. The van der Waals surface area contributed by atoms with Gasteiger partial charge in [0.15, 0.2) is 23.4 Å². The fourth-order valence-electron chi connectivity index (χ4n) is 8.43. The molecule has 3 aromatic carbocycles. The average molecular weight is 696 g/mol. The number of benzene rings is 3. The summed E-state index contributed by atoms with van der Waals surface area (Å²) < 4.78 is 20.4. The topological polar surface area (TPSA) is 173 Å². The number of anilines is 1. The Morgan fingerprint density at radius 2 is 1.83 bits per heavy atom. The second-order valence-electron chi connectivity index (χ2n) is 15.0. The number of nitrogens with one attached hydrogen (secondary N) is 4. The number of H-pyrrole nitrogens is 1. The van der Waals surface area contributed by atoms with Gasteiger partial charge in [0.05, 0.1) is 12.2 Å². The van der Waals surface area contributed by atoms with E-state index in [1.54, 1.807) is 6.20 Å². The van der Waals surface area contributed by atoms with E-state index >= 15 is 0 Å². The number of para-hydroxylation sites is 1. The summed E-state index contributed by atoms with van der Waals surface area (Å²) in [4.78, 5) is 40.8. The van der Waals surface area contributed by atoms with E-state index < -0.39 is 35.7 Å². The molecule has 4 aliphatic rings. The highest BCUT2D eigenvalue weighted by molar-refractivity contribution is 6.07. The molecule has 6 aromatic rings. The van der Waals surface area contributed by atoms with Gasteiger partial charge in [-0.15, -0.1) is 0 Å². The summed E-state index contributed by atoms with van der Waals surface area (Å²) in [6.45, 7) is 7.73. The van der Waals surface area contributed by atoms with Gasteiger partial charge in [-0.05, 0) is 35.1 Å². The number of amides is 2. The first-order valence-electron chi connectivity index (χ1n) is 17.8. The highest BCUT2D eigenvalue weighted by atomic mass is 16.5. The van der Waals surface area contributed by atoms with Crippen LogP contribution in [0.3, 0.4) is 0 Å². The minimum absolute atomic E-state index is 0.113. The molecule has 12 nitrogen and oxygen atoms in total. The van der Waals surface area contributed by atoms with Crippen LogP contribution in [-0.2, 0) is 21.4 Å². The molecule has 1 unspecified atom stereocenters. The Labute approximate surface area is 298 Å². The predicted molar refractivity (Wildman–Crippen MR) is 193 cm³/mol. The second kappa shape index (κ2) is 10.8. The monoisotopic (exact) mass is 695 g/mol. The maximum absolute atomic E-state index is 14.2. The third-order valence-electron chi connectivity index (χ3n) is 11.2. The fourth-order valence-corrected chi connectivity index (χ4v) is 8.43. The number of rotatable bonds is 4. The zero-order valence-corrected chi connectivity index (χ0v) is 29.0. The fraction of sp³-hybridized carbons (Fsp3) is 0.300. The molecule has 7 heterocycles. The minimum Gasteiger partial charge on any atom is -0.469 e. The lowest BCUT2D eigenvalue weighted by molar-refractivity contribution is -0.130. The second-order valence-corrected chi connectivity index (χ2v) is 15.0. The predicted octanol–water partition coefficient (Wildman–Crippen LogP) is 5.77. The van der Waals surface area contributed by atoms with E-state index in [0.29, 0.717) is 28.9 Å². The zero-order valence-electron chi connectivity index (χ0n) is 29.0. The Kier molecular flexibility index (Phi) is 6.43. The number of hydrogen-bond acceptors (Lipinski definition) is 9. The summed E-state index contributed by atoms with van der Waals surface area (Å²) in [5.74, 6) is 1.30. The van der Waals surface area contributed by atoms with Gasteiger partial charge >= 0.3 is 0 Å². The number of hydrogen-bond donors (Lipinski definition) is 5. The molecule has 0 radical (unpaired) electrons. The number of aromatic amines is 1. The maximum Gasteiger partial charge on any atom is 0.249 e. The van der Waals surface area contributed by atoms with Gasteiger partial charge < -0.3 is 40.2 Å². The molecule has 2 amide bonds. The number of carbonyl (C=O) groups is 2. The molecule has 0 saturated heterocycles. The number of aromatic nitrogens is 3. The van der Waals surface area contributed by atoms with Crippen molar-refractivity contribution in [3.63, 3.8) is 0 Å². The van der Waals surface area contributed by atoms with Crippen molar-refractivity contribution in [1.82, 2.24) is 25.6 Å². The molecule has 10 rings (SSSR count). The van der Waals surface area contributed by atoms with Gasteiger partial charge in [0.1, 0.15) is 23.2 Å². The van der Waals surface area contributed by atoms with Crippen molar-refractivity contribution in [3.05, 3.63) is 95.3 Å². The van der Waals surface area contributed by atoms with E-state index in [9.17, 15) is 9.59 Å². The number of oxazole rings is 2. The first-order chi connectivity index (χ1) is 25.1. The first kappa shape index (κ1) is 30.9. The molecule has 52 heavy (non-hydrogen) atoms. The van der Waals surface area contributed by atoms with Crippen LogP contribution < -0.4 is 26.4 Å². The van der Waals surface area contributed by atoms with Gasteiger partial charge in [0.25, 0.3) is 0 Å². The molecule has 4 aliphatic heterocycles. The van der Waals surface area contributed by atoms with Crippen molar-refractivity contribution in [2.45, 2.75) is 63.9 Å². The van der Waals surface area contributed by atoms with Gasteiger partial charge in [-0.3, -0.25) is 9.59 Å². The summed E-state index contributed by atoms with van der Waals surface area (Å²) in [6, 6.07) is 16.1. The molecule has 0 saturated carbocycles. The number of nitrogens with two attached hydrogens (primary N) is 1. The third kappa shape index (κ3) is 4.12. The quantitative estimate of drug-likeness (QED) is 0.153. The van der Waals surface area contributed by atoms with Gasteiger partial charge in [-0.2, -0.15) is 0 Å². The van der Waals surface area contributed by atoms with Crippen molar-refractivity contribution in [3.8, 4) is 39.8 Å². The van der Waals surface area contributed by atoms with E-state index in [-0.39, 0.29) is 30.1 Å². The van der Waals surface area contributed by atoms with Crippen molar-refractivity contribution >= 4 is 28.4 Å². The molecule has 6 N–H and O–H groups in total. The Morgan fingerprint density at radius 3 is 2.65 bits per heavy atom. The number of ether oxygens (including phenoxy) is 1. The largest absolute Gasteiger partial charge is 0.469 e.